The van der Waals surface area contributed by atoms with Gasteiger partial charge in [0.25, 0.3) is 5.91 Å². The van der Waals surface area contributed by atoms with E-state index < -0.39 is 24.6 Å². The number of alkyl halides is 2. The number of carbonyl (C=O) groups is 2. The molecule has 0 unspecified atom stereocenters. The Hall–Kier alpha value is -2.96. The number of rotatable bonds is 7. The molecule has 0 bridgehead atoms. The van der Waals surface area contributed by atoms with E-state index in [0.29, 0.717) is 5.69 Å². The lowest BCUT2D eigenvalue weighted by Gasteiger charge is -2.14. The summed E-state index contributed by atoms with van der Waals surface area (Å²) >= 11 is 0. The number of halogens is 2. The van der Waals surface area contributed by atoms with Crippen molar-refractivity contribution in [2.75, 3.05) is 5.32 Å². The second kappa shape index (κ2) is 8.94. The molecule has 1 atom stereocenters. The van der Waals surface area contributed by atoms with Gasteiger partial charge in [0, 0.05) is 5.69 Å². The van der Waals surface area contributed by atoms with Crippen molar-refractivity contribution >= 4 is 17.6 Å². The minimum Gasteiger partial charge on any atom is -0.449 e. The molecule has 0 aliphatic carbocycles. The van der Waals surface area contributed by atoms with E-state index in [2.05, 4.69) is 10.1 Å². The van der Waals surface area contributed by atoms with Crippen LogP contribution in [0.2, 0.25) is 0 Å². The number of ether oxygens (including phenoxy) is 2. The largest absolute Gasteiger partial charge is 0.449 e. The lowest BCUT2D eigenvalue weighted by atomic mass is 10.1. The predicted molar refractivity (Wildman–Crippen MR) is 92.4 cm³/mol. The zero-order valence-electron chi connectivity index (χ0n) is 14.4. The molecule has 0 saturated heterocycles. The minimum absolute atomic E-state index is 0.0714. The maximum atomic E-state index is 12.1. The maximum Gasteiger partial charge on any atom is 0.387 e. The summed E-state index contributed by atoms with van der Waals surface area (Å²) < 4.78 is 33.5. The molecule has 0 heterocycles. The monoisotopic (exact) mass is 363 g/mol. The van der Waals surface area contributed by atoms with Gasteiger partial charge in [-0.3, -0.25) is 4.79 Å². The second-order valence-corrected chi connectivity index (χ2v) is 5.49. The zero-order chi connectivity index (χ0) is 19.1. The molecular weight excluding hydrogens is 344 g/mol. The number of hydrogen-bond acceptors (Lipinski definition) is 4. The summed E-state index contributed by atoms with van der Waals surface area (Å²) in [5, 5.41) is 2.66. The second-order valence-electron chi connectivity index (χ2n) is 5.49. The average molecular weight is 363 g/mol. The number of hydrogen-bond donors (Lipinski definition) is 1. The van der Waals surface area contributed by atoms with Crippen LogP contribution < -0.4 is 10.1 Å². The molecule has 2 rings (SSSR count). The van der Waals surface area contributed by atoms with Gasteiger partial charge in [-0.15, -0.1) is 0 Å². The molecule has 0 saturated carbocycles. The molecule has 0 aliphatic rings. The van der Waals surface area contributed by atoms with Crippen molar-refractivity contribution in [1.29, 1.82) is 0 Å². The topological polar surface area (TPSA) is 64.6 Å². The molecule has 26 heavy (non-hydrogen) atoms. The van der Waals surface area contributed by atoms with Crippen LogP contribution in [0.4, 0.5) is 14.5 Å². The van der Waals surface area contributed by atoms with Gasteiger partial charge in [-0.2, -0.15) is 8.78 Å². The number of nitrogens with one attached hydrogen (secondary N) is 1. The van der Waals surface area contributed by atoms with Gasteiger partial charge in [0.05, 0.1) is 5.56 Å². The van der Waals surface area contributed by atoms with Crippen molar-refractivity contribution in [3.63, 3.8) is 0 Å². The Morgan fingerprint density at radius 2 is 1.65 bits per heavy atom. The number of benzene rings is 2. The fourth-order valence-electron chi connectivity index (χ4n) is 2.12. The molecule has 0 fully saturated rings. The van der Waals surface area contributed by atoms with Crippen molar-refractivity contribution in [2.24, 2.45) is 0 Å². The van der Waals surface area contributed by atoms with Crippen molar-refractivity contribution < 1.29 is 27.8 Å². The van der Waals surface area contributed by atoms with Crippen LogP contribution in [0.1, 0.15) is 29.8 Å². The molecule has 1 amide bonds. The van der Waals surface area contributed by atoms with Gasteiger partial charge >= 0.3 is 12.6 Å². The lowest BCUT2D eigenvalue weighted by Crippen LogP contribution is -2.30. The maximum absolute atomic E-state index is 12.1. The van der Waals surface area contributed by atoms with E-state index in [1.807, 2.05) is 19.1 Å². The van der Waals surface area contributed by atoms with Crippen LogP contribution in [0, 0.1) is 0 Å². The molecule has 0 spiro atoms. The standard InChI is InChI=1S/C19H19F2NO4/c1-3-13-4-8-15(9-5-13)22-17(23)12(2)25-18(24)14-6-10-16(11-7-14)26-19(20)21/h4-12,19H,3H2,1-2H3,(H,22,23)/t12-/m1/s1. The third kappa shape index (κ3) is 5.54. The molecule has 2 aromatic carbocycles. The summed E-state index contributed by atoms with van der Waals surface area (Å²) in [4.78, 5) is 24.2. The number of aryl methyl sites for hydroxylation is 1. The SMILES string of the molecule is CCc1ccc(NC(=O)[C@@H](C)OC(=O)c2ccc(OC(F)F)cc2)cc1. The Labute approximate surface area is 149 Å². The Bertz CT molecular complexity index is 745. The van der Waals surface area contributed by atoms with Gasteiger partial charge in [0.15, 0.2) is 6.10 Å². The van der Waals surface area contributed by atoms with Gasteiger partial charge in [0.2, 0.25) is 0 Å². The van der Waals surface area contributed by atoms with Crippen LogP contribution in [0.15, 0.2) is 48.5 Å². The summed E-state index contributed by atoms with van der Waals surface area (Å²) in [6, 6.07) is 12.4. The highest BCUT2D eigenvalue weighted by Gasteiger charge is 2.19. The molecule has 0 aliphatic heterocycles. The van der Waals surface area contributed by atoms with Crippen LogP contribution in [0.3, 0.4) is 0 Å². The Balaban J connectivity index is 1.91. The Morgan fingerprint density at radius 3 is 2.19 bits per heavy atom. The van der Waals surface area contributed by atoms with E-state index in [0.717, 1.165) is 12.0 Å². The fourth-order valence-corrected chi connectivity index (χ4v) is 2.12. The van der Waals surface area contributed by atoms with Gasteiger partial charge in [-0.25, -0.2) is 4.79 Å². The van der Waals surface area contributed by atoms with Crippen LogP contribution >= 0.6 is 0 Å². The van der Waals surface area contributed by atoms with E-state index in [-0.39, 0.29) is 11.3 Å². The molecule has 1 N–H and O–H groups in total. The van der Waals surface area contributed by atoms with E-state index >= 15 is 0 Å². The van der Waals surface area contributed by atoms with Crippen molar-refractivity contribution in [1.82, 2.24) is 0 Å². The predicted octanol–water partition coefficient (Wildman–Crippen LogP) is 4.03. The molecule has 138 valence electrons. The van der Waals surface area contributed by atoms with Crippen LogP contribution in [-0.2, 0) is 16.0 Å². The Morgan fingerprint density at radius 1 is 1.04 bits per heavy atom. The van der Waals surface area contributed by atoms with Gasteiger partial charge in [-0.1, -0.05) is 19.1 Å². The van der Waals surface area contributed by atoms with Crippen LogP contribution in [-0.4, -0.2) is 24.6 Å². The number of carbonyl (C=O) groups excluding carboxylic acids is 2. The number of esters is 1. The summed E-state index contributed by atoms with van der Waals surface area (Å²) in [5.74, 6) is -1.28. The first kappa shape index (κ1) is 19.4. The third-order valence-corrected chi connectivity index (χ3v) is 3.60. The van der Waals surface area contributed by atoms with Gasteiger partial charge in [-0.05, 0) is 55.3 Å². The van der Waals surface area contributed by atoms with E-state index in [1.54, 1.807) is 12.1 Å². The van der Waals surface area contributed by atoms with Crippen LogP contribution in [0.5, 0.6) is 5.75 Å². The Kier molecular flexibility index (Phi) is 6.66. The minimum atomic E-state index is -2.94. The summed E-state index contributed by atoms with van der Waals surface area (Å²) in [6.07, 6.45) is -0.131. The summed E-state index contributed by atoms with van der Waals surface area (Å²) in [6.45, 7) is 0.534. The first-order valence-corrected chi connectivity index (χ1v) is 8.04. The molecule has 2 aromatic rings. The zero-order valence-corrected chi connectivity index (χ0v) is 14.4. The number of anilines is 1. The van der Waals surface area contributed by atoms with Crippen molar-refractivity contribution in [3.8, 4) is 5.75 Å². The molecular formula is C19H19F2NO4. The van der Waals surface area contributed by atoms with Crippen molar-refractivity contribution in [3.05, 3.63) is 59.7 Å². The quantitative estimate of drug-likeness (QED) is 0.754. The molecule has 7 heteroatoms. The summed E-state index contributed by atoms with van der Waals surface area (Å²) in [7, 11) is 0. The van der Waals surface area contributed by atoms with Gasteiger partial charge < -0.3 is 14.8 Å². The smallest absolute Gasteiger partial charge is 0.387 e. The third-order valence-electron chi connectivity index (χ3n) is 3.60. The van der Waals surface area contributed by atoms with E-state index in [9.17, 15) is 18.4 Å². The highest BCUT2D eigenvalue weighted by atomic mass is 19.3. The average Bonchev–Trinajstić information content (AvgIpc) is 2.62. The van der Waals surface area contributed by atoms with Crippen LogP contribution in [0.25, 0.3) is 0 Å². The first-order chi connectivity index (χ1) is 12.4. The van der Waals surface area contributed by atoms with Gasteiger partial charge in [0.1, 0.15) is 5.75 Å². The first-order valence-electron chi connectivity index (χ1n) is 8.04. The lowest BCUT2D eigenvalue weighted by molar-refractivity contribution is -0.123. The highest BCUT2D eigenvalue weighted by molar-refractivity contribution is 5.97. The summed E-state index contributed by atoms with van der Waals surface area (Å²) in [5.41, 5.74) is 1.86. The van der Waals surface area contributed by atoms with E-state index in [4.69, 9.17) is 4.74 Å². The molecule has 0 radical (unpaired) electrons. The number of amides is 1. The molecule has 0 aromatic heterocycles. The highest BCUT2D eigenvalue weighted by Crippen LogP contribution is 2.16. The molecule has 5 nitrogen and oxygen atoms in total. The van der Waals surface area contributed by atoms with E-state index in [1.165, 1.54) is 31.2 Å². The normalized spacial score (nSPS) is 11.7. The fraction of sp³-hybridized carbons (Fsp3) is 0.263. The van der Waals surface area contributed by atoms with Crippen molar-refractivity contribution in [2.45, 2.75) is 33.0 Å².